The summed E-state index contributed by atoms with van der Waals surface area (Å²) in [4.78, 5) is 25.0. The van der Waals surface area contributed by atoms with Crippen LogP contribution in [-0.2, 0) is 23.2 Å². The molecular weight excluding hydrogens is 386 g/mol. The Kier molecular flexibility index (Phi) is 6.38. The maximum atomic E-state index is 12.3. The zero-order valence-corrected chi connectivity index (χ0v) is 16.5. The van der Waals surface area contributed by atoms with Gasteiger partial charge in [0.25, 0.3) is 5.91 Å². The second kappa shape index (κ2) is 9.32. The first-order chi connectivity index (χ1) is 14.5. The number of hydrogen-bond donors (Lipinski definition) is 2. The number of pyridine rings is 1. The van der Waals surface area contributed by atoms with Crippen molar-refractivity contribution in [2.45, 2.75) is 6.54 Å². The number of aryl methyl sites for hydroxylation is 1. The van der Waals surface area contributed by atoms with Gasteiger partial charge in [0.15, 0.2) is 12.4 Å². The van der Waals surface area contributed by atoms with Gasteiger partial charge in [0, 0.05) is 50.1 Å². The average Bonchev–Trinajstić information content (AvgIpc) is 3.34. The van der Waals surface area contributed by atoms with Crippen LogP contribution < -0.4 is 20.3 Å². The molecule has 3 aromatic heterocycles. The lowest BCUT2D eigenvalue weighted by atomic mass is 10.2. The van der Waals surface area contributed by atoms with Crippen molar-refractivity contribution in [3.63, 3.8) is 0 Å². The van der Waals surface area contributed by atoms with E-state index in [1.165, 1.54) is 0 Å². The Morgan fingerprint density at radius 1 is 1.20 bits per heavy atom. The number of rotatable bonds is 5. The molecule has 0 radical (unpaired) electrons. The number of carbonyl (C=O) groups is 2. The molecule has 4 rings (SSSR count). The fraction of sp³-hybridized carbons (Fsp3) is 0.150. The lowest BCUT2D eigenvalue weighted by molar-refractivity contribution is -0.684. The van der Waals surface area contributed by atoms with Crippen LogP contribution in [0.3, 0.4) is 0 Å². The number of aromatic nitrogens is 5. The number of benzene rings is 1. The zero-order chi connectivity index (χ0) is 21.5. The smallest absolute Gasteiger partial charge is 0.290 e. The third-order valence-corrected chi connectivity index (χ3v) is 4.38. The molecule has 0 saturated carbocycles. The van der Waals surface area contributed by atoms with E-state index in [9.17, 15) is 4.79 Å². The van der Waals surface area contributed by atoms with Gasteiger partial charge in [-0.1, -0.05) is 0 Å². The lowest BCUT2D eigenvalue weighted by Gasteiger charge is -2.06. The van der Waals surface area contributed by atoms with Gasteiger partial charge in [-0.25, -0.2) is 4.98 Å². The van der Waals surface area contributed by atoms with E-state index in [0.29, 0.717) is 0 Å². The van der Waals surface area contributed by atoms with Crippen LogP contribution in [0.15, 0.2) is 61.3 Å². The number of carboxylic acid groups (broad SMARTS) is 1. The third-order valence-electron chi connectivity index (χ3n) is 4.38. The number of carbonyl (C=O) groups excluding carboxylic acids is 2. The highest BCUT2D eigenvalue weighted by Crippen LogP contribution is 2.21. The lowest BCUT2D eigenvalue weighted by Crippen LogP contribution is -2.39. The number of amides is 1. The zero-order valence-electron chi connectivity index (χ0n) is 16.5. The second-order valence-electron chi connectivity index (χ2n) is 6.28. The number of anilines is 2. The minimum Gasteiger partial charge on any atom is -0.554 e. The van der Waals surface area contributed by atoms with Crippen molar-refractivity contribution in [2.75, 3.05) is 17.7 Å². The van der Waals surface area contributed by atoms with Crippen LogP contribution in [0.2, 0.25) is 0 Å². The molecule has 0 unspecified atom stereocenters. The molecule has 0 aliphatic rings. The van der Waals surface area contributed by atoms with Crippen molar-refractivity contribution in [3.8, 4) is 5.82 Å². The molecule has 0 bridgehead atoms. The number of imidazole rings is 1. The quantitative estimate of drug-likeness (QED) is 0.357. The molecule has 0 atom stereocenters. The second-order valence-corrected chi connectivity index (χ2v) is 6.28. The predicted octanol–water partition coefficient (Wildman–Crippen LogP) is 0.0930. The van der Waals surface area contributed by atoms with Crippen LogP contribution >= 0.6 is 0 Å². The Morgan fingerprint density at radius 3 is 2.57 bits per heavy atom. The SMILES string of the molecule is CNc1cc[n+](CC(=O)Nc2ccc3c(c2)ncn3-c2ccnn2C)cc1.O=C[O-]. The summed E-state index contributed by atoms with van der Waals surface area (Å²) in [6.07, 6.45) is 7.23. The Balaban J connectivity index is 0.000000806. The van der Waals surface area contributed by atoms with Crippen LogP contribution in [0.4, 0.5) is 11.4 Å². The van der Waals surface area contributed by atoms with E-state index < -0.39 is 6.47 Å². The number of fused-ring (bicyclic) bond motifs is 1. The first kappa shape index (κ1) is 20.5. The third kappa shape index (κ3) is 4.61. The van der Waals surface area contributed by atoms with E-state index in [1.54, 1.807) is 17.2 Å². The number of nitrogens with zero attached hydrogens (tertiary/aromatic N) is 5. The molecule has 1 amide bonds. The Hall–Kier alpha value is -4.21. The largest absolute Gasteiger partial charge is 0.554 e. The van der Waals surface area contributed by atoms with Crippen LogP contribution in [0.25, 0.3) is 16.9 Å². The minimum absolute atomic E-state index is 0.0948. The highest BCUT2D eigenvalue weighted by atomic mass is 16.3. The molecule has 2 N–H and O–H groups in total. The molecule has 4 aromatic rings. The van der Waals surface area contributed by atoms with Gasteiger partial charge in [0.1, 0.15) is 12.1 Å². The summed E-state index contributed by atoms with van der Waals surface area (Å²) >= 11 is 0. The molecule has 30 heavy (non-hydrogen) atoms. The van der Waals surface area contributed by atoms with Gasteiger partial charge < -0.3 is 20.5 Å². The molecule has 0 aliphatic carbocycles. The summed E-state index contributed by atoms with van der Waals surface area (Å²) < 4.78 is 5.58. The van der Waals surface area contributed by atoms with Crippen molar-refractivity contribution < 1.29 is 19.3 Å². The van der Waals surface area contributed by atoms with Gasteiger partial charge in [0.05, 0.1) is 17.2 Å². The predicted molar refractivity (Wildman–Crippen MR) is 109 cm³/mol. The van der Waals surface area contributed by atoms with E-state index in [-0.39, 0.29) is 12.5 Å². The van der Waals surface area contributed by atoms with E-state index in [4.69, 9.17) is 9.90 Å². The Bertz CT molecular complexity index is 1150. The highest BCUT2D eigenvalue weighted by Gasteiger charge is 2.12. The van der Waals surface area contributed by atoms with E-state index in [2.05, 4.69) is 20.7 Å². The Morgan fingerprint density at radius 2 is 1.93 bits per heavy atom. The highest BCUT2D eigenvalue weighted by molar-refractivity contribution is 5.92. The van der Waals surface area contributed by atoms with Crippen molar-refractivity contribution in [3.05, 3.63) is 61.3 Å². The first-order valence-corrected chi connectivity index (χ1v) is 9.03. The molecule has 10 heteroatoms. The topological polar surface area (TPSA) is 121 Å². The molecule has 0 fully saturated rings. The van der Waals surface area contributed by atoms with Crippen molar-refractivity contribution in [2.24, 2.45) is 7.05 Å². The van der Waals surface area contributed by atoms with Gasteiger partial charge in [-0.3, -0.25) is 14.0 Å². The first-order valence-electron chi connectivity index (χ1n) is 9.03. The minimum atomic E-state index is -0.500. The molecule has 154 valence electrons. The summed E-state index contributed by atoms with van der Waals surface area (Å²) in [6, 6.07) is 11.5. The molecule has 0 aliphatic heterocycles. The maximum absolute atomic E-state index is 12.3. The fourth-order valence-electron chi connectivity index (χ4n) is 2.97. The number of hydrogen-bond acceptors (Lipinski definition) is 6. The molecular formula is C20H21N7O3. The van der Waals surface area contributed by atoms with Crippen LogP contribution in [0, 0.1) is 0 Å². The molecule has 0 spiro atoms. The van der Waals surface area contributed by atoms with Crippen LogP contribution in [-0.4, -0.2) is 38.8 Å². The summed E-state index contributed by atoms with van der Waals surface area (Å²) in [5.41, 5.74) is 3.48. The number of nitrogens with one attached hydrogen (secondary N) is 2. The van der Waals surface area contributed by atoms with E-state index >= 15 is 0 Å². The standard InChI is InChI=1S/C19H19N7O.CH2O2/c1-20-14-6-9-25(10-7-14)12-18(27)23-15-3-4-17-16(11-15)21-13-26(17)19-5-8-22-24(19)2;2-1-3/h3-11,13H,12H2,1-2H3,(H,23,27);1H,(H,2,3). The van der Waals surface area contributed by atoms with Crippen molar-refractivity contribution >= 4 is 34.8 Å². The van der Waals surface area contributed by atoms with Crippen molar-refractivity contribution in [1.29, 1.82) is 0 Å². The fourth-order valence-corrected chi connectivity index (χ4v) is 2.97. The van der Waals surface area contributed by atoms with Crippen LogP contribution in [0.5, 0.6) is 0 Å². The normalized spacial score (nSPS) is 10.2. The van der Waals surface area contributed by atoms with E-state index in [1.807, 2.05) is 72.0 Å². The van der Waals surface area contributed by atoms with Crippen molar-refractivity contribution in [1.82, 2.24) is 19.3 Å². The van der Waals surface area contributed by atoms with Crippen LogP contribution in [0.1, 0.15) is 0 Å². The molecule has 3 heterocycles. The molecule has 10 nitrogen and oxygen atoms in total. The van der Waals surface area contributed by atoms with Gasteiger partial charge in [-0.15, -0.1) is 0 Å². The van der Waals surface area contributed by atoms with Gasteiger partial charge >= 0.3 is 0 Å². The molecule has 0 saturated heterocycles. The summed E-state index contributed by atoms with van der Waals surface area (Å²) in [6.45, 7) is -0.258. The maximum Gasteiger partial charge on any atom is 0.290 e. The monoisotopic (exact) mass is 407 g/mol. The summed E-state index contributed by atoms with van der Waals surface area (Å²) in [5, 5.41) is 18.4. The Labute approximate surface area is 172 Å². The van der Waals surface area contributed by atoms with Gasteiger partial charge in [-0.05, 0) is 18.2 Å². The molecule has 1 aromatic carbocycles. The summed E-state index contributed by atoms with van der Waals surface area (Å²) in [7, 11) is 3.74. The van der Waals surface area contributed by atoms with Gasteiger partial charge in [0.2, 0.25) is 6.54 Å². The van der Waals surface area contributed by atoms with E-state index in [0.717, 1.165) is 28.2 Å². The summed E-state index contributed by atoms with van der Waals surface area (Å²) in [5.74, 6) is 0.832. The van der Waals surface area contributed by atoms with Gasteiger partial charge in [-0.2, -0.15) is 9.67 Å². The average molecular weight is 407 g/mol.